The standard InChI is InChI=1S/C14H24N2O5/c1-3-19-12(17)11-16-7-4-6-15(13(16)18)8-5-14(2)20-9-10-21-14/h3-11H2,1-2H3. The van der Waals surface area contributed by atoms with Crippen molar-refractivity contribution in [1.29, 1.82) is 0 Å². The Morgan fingerprint density at radius 2 is 1.95 bits per heavy atom. The van der Waals surface area contributed by atoms with Crippen molar-refractivity contribution < 1.29 is 23.8 Å². The molecule has 7 heteroatoms. The van der Waals surface area contributed by atoms with Gasteiger partial charge in [0.25, 0.3) is 0 Å². The Hall–Kier alpha value is -1.34. The Morgan fingerprint density at radius 1 is 1.29 bits per heavy atom. The van der Waals surface area contributed by atoms with Crippen LogP contribution in [0.15, 0.2) is 0 Å². The van der Waals surface area contributed by atoms with E-state index in [0.29, 0.717) is 45.9 Å². The van der Waals surface area contributed by atoms with Crippen LogP contribution in [-0.4, -0.2) is 73.6 Å². The molecule has 21 heavy (non-hydrogen) atoms. The zero-order chi connectivity index (χ0) is 15.3. The fraction of sp³-hybridized carbons (Fsp3) is 0.857. The van der Waals surface area contributed by atoms with E-state index in [9.17, 15) is 9.59 Å². The van der Waals surface area contributed by atoms with E-state index in [0.717, 1.165) is 6.42 Å². The fourth-order valence-electron chi connectivity index (χ4n) is 2.60. The van der Waals surface area contributed by atoms with Gasteiger partial charge in [-0.2, -0.15) is 0 Å². The lowest BCUT2D eigenvalue weighted by Gasteiger charge is -2.36. The van der Waals surface area contributed by atoms with Crippen molar-refractivity contribution in [2.75, 3.05) is 46.0 Å². The van der Waals surface area contributed by atoms with Gasteiger partial charge in [0, 0.05) is 26.1 Å². The highest BCUT2D eigenvalue weighted by molar-refractivity contribution is 5.81. The van der Waals surface area contributed by atoms with Crippen LogP contribution in [0.2, 0.25) is 0 Å². The Morgan fingerprint density at radius 3 is 2.62 bits per heavy atom. The molecule has 0 aromatic heterocycles. The molecular formula is C14H24N2O5. The lowest BCUT2D eigenvalue weighted by molar-refractivity contribution is -0.149. The summed E-state index contributed by atoms with van der Waals surface area (Å²) in [4.78, 5) is 27.1. The highest BCUT2D eigenvalue weighted by Gasteiger charge is 2.34. The van der Waals surface area contributed by atoms with Crippen molar-refractivity contribution in [2.45, 2.75) is 32.5 Å². The minimum absolute atomic E-state index is 0.0213. The number of ether oxygens (including phenoxy) is 3. The number of hydrogen-bond donors (Lipinski definition) is 0. The summed E-state index contributed by atoms with van der Waals surface area (Å²) >= 11 is 0. The van der Waals surface area contributed by atoms with Crippen LogP contribution in [0.3, 0.4) is 0 Å². The van der Waals surface area contributed by atoms with Crippen molar-refractivity contribution in [3.63, 3.8) is 0 Å². The topological polar surface area (TPSA) is 68.3 Å². The van der Waals surface area contributed by atoms with Crippen LogP contribution in [0.1, 0.15) is 26.7 Å². The molecule has 7 nitrogen and oxygen atoms in total. The van der Waals surface area contributed by atoms with E-state index >= 15 is 0 Å². The molecule has 2 aliphatic heterocycles. The van der Waals surface area contributed by atoms with Gasteiger partial charge >= 0.3 is 12.0 Å². The van der Waals surface area contributed by atoms with Gasteiger partial charge in [0.1, 0.15) is 6.54 Å². The molecule has 0 bridgehead atoms. The zero-order valence-electron chi connectivity index (χ0n) is 12.8. The molecule has 0 N–H and O–H groups in total. The molecule has 0 saturated carbocycles. The molecule has 0 spiro atoms. The number of carbonyl (C=O) groups is 2. The highest BCUT2D eigenvalue weighted by Crippen LogP contribution is 2.23. The molecule has 0 aromatic carbocycles. The van der Waals surface area contributed by atoms with Crippen molar-refractivity contribution >= 4 is 12.0 Å². The third-order valence-corrected chi connectivity index (χ3v) is 3.76. The quantitative estimate of drug-likeness (QED) is 0.680. The average molecular weight is 300 g/mol. The van der Waals surface area contributed by atoms with Gasteiger partial charge < -0.3 is 24.0 Å². The summed E-state index contributed by atoms with van der Waals surface area (Å²) in [6.45, 7) is 7.06. The predicted molar refractivity (Wildman–Crippen MR) is 74.7 cm³/mol. The largest absolute Gasteiger partial charge is 0.465 e. The second-order valence-corrected chi connectivity index (χ2v) is 5.43. The number of amides is 2. The molecule has 0 aliphatic carbocycles. The van der Waals surface area contributed by atoms with Crippen LogP contribution >= 0.6 is 0 Å². The van der Waals surface area contributed by atoms with Crippen molar-refractivity contribution in [1.82, 2.24) is 9.80 Å². The molecule has 2 rings (SSSR count). The van der Waals surface area contributed by atoms with Gasteiger partial charge in [0.05, 0.1) is 19.8 Å². The molecule has 0 atom stereocenters. The molecule has 2 heterocycles. The Labute approximate surface area is 125 Å². The molecule has 2 aliphatic rings. The molecule has 0 unspecified atom stereocenters. The molecule has 120 valence electrons. The summed E-state index contributed by atoms with van der Waals surface area (Å²) in [6.07, 6.45) is 1.48. The third kappa shape index (κ3) is 4.31. The first-order valence-electron chi connectivity index (χ1n) is 7.51. The van der Waals surface area contributed by atoms with Crippen LogP contribution in [-0.2, 0) is 19.0 Å². The number of urea groups is 1. The molecule has 2 amide bonds. The summed E-state index contributed by atoms with van der Waals surface area (Å²) in [5, 5.41) is 0. The normalized spacial score (nSPS) is 21.7. The Bertz CT molecular complexity index is 382. The molecular weight excluding hydrogens is 276 g/mol. The zero-order valence-corrected chi connectivity index (χ0v) is 12.8. The smallest absolute Gasteiger partial charge is 0.325 e. The van der Waals surface area contributed by atoms with Gasteiger partial charge in [-0.05, 0) is 20.3 Å². The lowest BCUT2D eigenvalue weighted by Crippen LogP contribution is -2.52. The Kier molecular flexibility index (Phi) is 5.41. The van der Waals surface area contributed by atoms with E-state index in [1.165, 1.54) is 0 Å². The van der Waals surface area contributed by atoms with Crippen LogP contribution in [0.5, 0.6) is 0 Å². The molecule has 2 fully saturated rings. The monoisotopic (exact) mass is 300 g/mol. The third-order valence-electron chi connectivity index (χ3n) is 3.76. The minimum Gasteiger partial charge on any atom is -0.465 e. The van der Waals surface area contributed by atoms with E-state index < -0.39 is 5.79 Å². The molecule has 0 radical (unpaired) electrons. The van der Waals surface area contributed by atoms with Crippen molar-refractivity contribution in [2.24, 2.45) is 0 Å². The van der Waals surface area contributed by atoms with Gasteiger partial charge in [0.15, 0.2) is 5.79 Å². The average Bonchev–Trinajstić information content (AvgIpc) is 2.87. The summed E-state index contributed by atoms with van der Waals surface area (Å²) < 4.78 is 16.0. The first-order chi connectivity index (χ1) is 10.0. The second-order valence-electron chi connectivity index (χ2n) is 5.43. The van der Waals surface area contributed by atoms with Gasteiger partial charge in [-0.1, -0.05) is 0 Å². The van der Waals surface area contributed by atoms with Crippen LogP contribution < -0.4 is 0 Å². The van der Waals surface area contributed by atoms with Crippen LogP contribution in [0.25, 0.3) is 0 Å². The summed E-state index contributed by atoms with van der Waals surface area (Å²) in [5.41, 5.74) is 0. The van der Waals surface area contributed by atoms with E-state index in [-0.39, 0.29) is 18.5 Å². The first-order valence-corrected chi connectivity index (χ1v) is 7.51. The molecule has 0 aromatic rings. The highest BCUT2D eigenvalue weighted by atomic mass is 16.7. The van der Waals surface area contributed by atoms with Gasteiger partial charge in [-0.15, -0.1) is 0 Å². The van der Waals surface area contributed by atoms with Crippen LogP contribution in [0.4, 0.5) is 4.79 Å². The van der Waals surface area contributed by atoms with E-state index in [4.69, 9.17) is 14.2 Å². The van der Waals surface area contributed by atoms with Gasteiger partial charge in [0.2, 0.25) is 0 Å². The van der Waals surface area contributed by atoms with Gasteiger partial charge in [-0.25, -0.2) is 4.79 Å². The van der Waals surface area contributed by atoms with Crippen LogP contribution in [0, 0.1) is 0 Å². The Balaban J connectivity index is 1.83. The van der Waals surface area contributed by atoms with Crippen molar-refractivity contribution in [3.05, 3.63) is 0 Å². The van der Waals surface area contributed by atoms with E-state index in [1.54, 1.807) is 16.7 Å². The maximum Gasteiger partial charge on any atom is 0.325 e. The first kappa shape index (κ1) is 16.0. The lowest BCUT2D eigenvalue weighted by atomic mass is 10.2. The maximum atomic E-state index is 12.3. The number of carbonyl (C=O) groups excluding carboxylic acids is 2. The van der Waals surface area contributed by atoms with E-state index in [1.807, 2.05) is 6.92 Å². The number of nitrogens with zero attached hydrogens (tertiary/aromatic N) is 2. The van der Waals surface area contributed by atoms with Gasteiger partial charge in [-0.3, -0.25) is 4.79 Å². The maximum absolute atomic E-state index is 12.3. The number of rotatable bonds is 6. The summed E-state index contributed by atoms with van der Waals surface area (Å²) in [6, 6.07) is -0.115. The minimum atomic E-state index is -0.594. The number of hydrogen-bond acceptors (Lipinski definition) is 5. The second kappa shape index (κ2) is 7.09. The van der Waals surface area contributed by atoms with Crippen molar-refractivity contribution in [3.8, 4) is 0 Å². The summed E-state index contributed by atoms with van der Waals surface area (Å²) in [7, 11) is 0. The summed E-state index contributed by atoms with van der Waals surface area (Å²) in [5.74, 6) is -0.953. The SMILES string of the molecule is CCOC(=O)CN1CCCN(CCC2(C)OCCO2)C1=O. The number of esters is 1. The fourth-order valence-corrected chi connectivity index (χ4v) is 2.60. The predicted octanol–water partition coefficient (Wildman–Crippen LogP) is 0.830. The van der Waals surface area contributed by atoms with E-state index in [2.05, 4.69) is 0 Å². The molecule has 2 saturated heterocycles.